The first-order valence-electron chi connectivity index (χ1n) is 17.1. The monoisotopic (exact) mass is 682 g/mol. The van der Waals surface area contributed by atoms with Gasteiger partial charge in [-0.2, -0.15) is 0 Å². The molecule has 0 fully saturated rings. The lowest BCUT2D eigenvalue weighted by atomic mass is 9.98. The Labute approximate surface area is 292 Å². The molecule has 4 aromatic rings. The van der Waals surface area contributed by atoms with Gasteiger partial charge < -0.3 is 35.1 Å². The van der Waals surface area contributed by atoms with E-state index in [0.29, 0.717) is 6.42 Å². The molecule has 50 heavy (non-hydrogen) atoms. The van der Waals surface area contributed by atoms with Gasteiger partial charge in [-0.3, -0.25) is 4.79 Å². The Kier molecular flexibility index (Phi) is 11.8. The second-order valence-corrected chi connectivity index (χ2v) is 13.4. The Balaban J connectivity index is 1.26. The number of aromatic amines is 1. The van der Waals surface area contributed by atoms with Crippen molar-refractivity contribution in [2.75, 3.05) is 19.8 Å². The zero-order chi connectivity index (χ0) is 35.7. The predicted octanol–water partition coefficient (Wildman–Crippen LogP) is 6.36. The summed E-state index contributed by atoms with van der Waals surface area (Å²) >= 11 is 0. The van der Waals surface area contributed by atoms with Crippen molar-refractivity contribution >= 4 is 35.0 Å². The third-order valence-electron chi connectivity index (χ3n) is 8.50. The summed E-state index contributed by atoms with van der Waals surface area (Å²) in [7, 11) is 0. The molecule has 2 atom stereocenters. The topological polar surface area (TPSA) is 148 Å². The van der Waals surface area contributed by atoms with Gasteiger partial charge in [0, 0.05) is 36.0 Å². The minimum atomic E-state index is -1.05. The van der Waals surface area contributed by atoms with Crippen molar-refractivity contribution in [2.24, 2.45) is 0 Å². The third-order valence-corrected chi connectivity index (χ3v) is 8.50. The Hall–Kier alpha value is -5.32. The van der Waals surface area contributed by atoms with Crippen molar-refractivity contribution in [3.05, 3.63) is 95.7 Å². The van der Waals surface area contributed by atoms with Crippen molar-refractivity contribution in [1.29, 1.82) is 0 Å². The largest absolute Gasteiger partial charge is 0.464 e. The van der Waals surface area contributed by atoms with Gasteiger partial charge in [0.2, 0.25) is 5.91 Å². The average molecular weight is 683 g/mol. The van der Waals surface area contributed by atoms with Crippen molar-refractivity contribution < 1.29 is 33.4 Å². The number of unbranched alkanes of at least 4 members (excludes halogenated alkanes) is 1. The number of hydrogen-bond acceptors (Lipinski definition) is 7. The highest BCUT2D eigenvalue weighted by Crippen LogP contribution is 2.44. The minimum Gasteiger partial charge on any atom is -0.464 e. The number of aromatic nitrogens is 1. The lowest BCUT2D eigenvalue weighted by molar-refractivity contribution is -0.146. The average Bonchev–Trinajstić information content (AvgIpc) is 3.64. The fraction of sp³-hybridized carbons (Fsp3) is 0.385. The molecule has 3 amide bonds. The van der Waals surface area contributed by atoms with Gasteiger partial charge in [0.15, 0.2) is 0 Å². The van der Waals surface area contributed by atoms with E-state index in [1.165, 1.54) is 0 Å². The summed E-state index contributed by atoms with van der Waals surface area (Å²) in [5.74, 6) is -1.23. The van der Waals surface area contributed by atoms with Crippen LogP contribution in [0.25, 0.3) is 22.0 Å². The molecule has 264 valence electrons. The van der Waals surface area contributed by atoms with Gasteiger partial charge in [-0.05, 0) is 67.5 Å². The second kappa shape index (κ2) is 16.4. The van der Waals surface area contributed by atoms with Crippen LogP contribution in [0, 0.1) is 0 Å². The number of benzene rings is 3. The van der Waals surface area contributed by atoms with Crippen molar-refractivity contribution in [3.63, 3.8) is 0 Å². The lowest BCUT2D eigenvalue weighted by Crippen LogP contribution is -2.50. The van der Waals surface area contributed by atoms with Crippen molar-refractivity contribution in [3.8, 4) is 11.1 Å². The molecule has 0 bridgehead atoms. The number of alkyl carbamates (subject to hydrolysis) is 2. The quantitative estimate of drug-likeness (QED) is 0.0687. The number of amides is 3. The number of fused-ring (bicyclic) bond motifs is 4. The fourth-order valence-electron chi connectivity index (χ4n) is 6.09. The smallest absolute Gasteiger partial charge is 0.408 e. The SMILES string of the molecule is CCCCOC(=O)[C@@H](CCNC(=O)[C@@H](Cc1c[nH]c2ccccc12)NC(=O)OCC1c2ccccc2-c2ccccc21)NC(=O)OC(C)(C)C. The number of ether oxygens (including phenoxy) is 3. The molecule has 3 aromatic carbocycles. The van der Waals surface area contributed by atoms with Crippen LogP contribution >= 0.6 is 0 Å². The summed E-state index contributed by atoms with van der Waals surface area (Å²) in [4.78, 5) is 55.6. The molecule has 0 aliphatic heterocycles. The van der Waals surface area contributed by atoms with Gasteiger partial charge in [0.05, 0.1) is 6.61 Å². The van der Waals surface area contributed by atoms with Crippen LogP contribution in [0.3, 0.4) is 0 Å². The van der Waals surface area contributed by atoms with E-state index in [2.05, 4.69) is 33.1 Å². The van der Waals surface area contributed by atoms with E-state index >= 15 is 0 Å². The van der Waals surface area contributed by atoms with E-state index in [0.717, 1.165) is 45.1 Å². The maximum Gasteiger partial charge on any atom is 0.408 e. The number of para-hydroxylation sites is 1. The van der Waals surface area contributed by atoms with Crippen molar-refractivity contribution in [1.82, 2.24) is 20.9 Å². The molecule has 1 aromatic heterocycles. The number of nitrogens with one attached hydrogen (secondary N) is 4. The molecule has 1 aliphatic carbocycles. The van der Waals surface area contributed by atoms with Crippen LogP contribution in [0.2, 0.25) is 0 Å². The van der Waals surface area contributed by atoms with Crippen LogP contribution in [0.15, 0.2) is 79.0 Å². The third kappa shape index (κ3) is 9.22. The van der Waals surface area contributed by atoms with Gasteiger partial charge >= 0.3 is 18.2 Å². The van der Waals surface area contributed by atoms with E-state index in [1.807, 2.05) is 73.8 Å². The summed E-state index contributed by atoms with van der Waals surface area (Å²) in [6.07, 6.45) is 2.06. The summed E-state index contributed by atoms with van der Waals surface area (Å²) in [5.41, 5.74) is 5.36. The van der Waals surface area contributed by atoms with Crippen LogP contribution in [0.5, 0.6) is 0 Å². The maximum atomic E-state index is 13.7. The number of carbonyl (C=O) groups excluding carboxylic acids is 4. The molecule has 11 nitrogen and oxygen atoms in total. The Morgan fingerprint density at radius 1 is 0.820 bits per heavy atom. The second-order valence-electron chi connectivity index (χ2n) is 13.4. The van der Waals surface area contributed by atoms with E-state index in [9.17, 15) is 19.2 Å². The van der Waals surface area contributed by atoms with Gasteiger partial charge in [-0.1, -0.05) is 80.1 Å². The molecule has 0 spiro atoms. The Morgan fingerprint density at radius 2 is 1.46 bits per heavy atom. The molecule has 1 aliphatic rings. The summed E-state index contributed by atoms with van der Waals surface area (Å²) in [5, 5.41) is 9.10. The molecular weight excluding hydrogens is 636 g/mol. The summed E-state index contributed by atoms with van der Waals surface area (Å²) < 4.78 is 16.5. The number of H-pyrrole nitrogens is 1. The Morgan fingerprint density at radius 3 is 2.14 bits per heavy atom. The number of hydrogen-bond donors (Lipinski definition) is 4. The predicted molar refractivity (Wildman–Crippen MR) is 191 cm³/mol. The van der Waals surface area contributed by atoms with E-state index in [-0.39, 0.29) is 38.5 Å². The molecule has 0 saturated carbocycles. The molecular formula is C39H46N4O7. The van der Waals surface area contributed by atoms with E-state index in [4.69, 9.17) is 14.2 Å². The van der Waals surface area contributed by atoms with Crippen LogP contribution in [0.1, 0.15) is 69.6 Å². The van der Waals surface area contributed by atoms with Crippen LogP contribution < -0.4 is 16.0 Å². The normalized spacial score (nSPS) is 13.4. The molecule has 4 N–H and O–H groups in total. The van der Waals surface area contributed by atoms with Gasteiger partial charge in [0.25, 0.3) is 0 Å². The van der Waals surface area contributed by atoms with E-state index < -0.39 is 41.7 Å². The highest BCUT2D eigenvalue weighted by Gasteiger charge is 2.31. The number of rotatable bonds is 14. The number of esters is 1. The Bertz CT molecular complexity index is 1770. The fourth-order valence-corrected chi connectivity index (χ4v) is 6.09. The summed E-state index contributed by atoms with van der Waals surface area (Å²) in [6.45, 7) is 7.46. The first-order valence-corrected chi connectivity index (χ1v) is 17.1. The molecule has 5 rings (SSSR count). The zero-order valence-electron chi connectivity index (χ0n) is 29.0. The first kappa shape index (κ1) is 36.0. The van der Waals surface area contributed by atoms with Gasteiger partial charge in [-0.15, -0.1) is 0 Å². The minimum absolute atomic E-state index is 0.0128. The molecule has 0 radical (unpaired) electrons. The lowest BCUT2D eigenvalue weighted by Gasteiger charge is -2.23. The molecule has 11 heteroatoms. The first-order chi connectivity index (χ1) is 24.0. The van der Waals surface area contributed by atoms with Crippen LogP contribution in [-0.2, 0) is 30.2 Å². The molecule has 0 unspecified atom stereocenters. The van der Waals surface area contributed by atoms with Gasteiger partial charge in [-0.25, -0.2) is 14.4 Å². The standard InChI is InChI=1S/C39H46N4O7/c1-5-6-21-48-36(45)33(42-38(47)50-39(2,3)4)19-20-40-35(44)34(22-25-23-41-32-18-12-11-13-26(25)32)43-37(46)49-24-31-29-16-9-7-14-27(29)28-15-8-10-17-30(28)31/h7-18,23,31,33-34,41H,5-6,19-22,24H2,1-4H3,(H,40,44)(H,42,47)(H,43,46)/t33-,34-/m1/s1. The highest BCUT2D eigenvalue weighted by atomic mass is 16.6. The maximum absolute atomic E-state index is 13.7. The molecule has 1 heterocycles. The highest BCUT2D eigenvalue weighted by molar-refractivity contribution is 5.89. The van der Waals surface area contributed by atoms with E-state index in [1.54, 1.807) is 20.8 Å². The van der Waals surface area contributed by atoms with Crippen LogP contribution in [-0.4, -0.2) is 66.5 Å². The summed E-state index contributed by atoms with van der Waals surface area (Å²) in [6, 6.07) is 21.8. The van der Waals surface area contributed by atoms with Gasteiger partial charge in [0.1, 0.15) is 24.3 Å². The zero-order valence-corrected chi connectivity index (χ0v) is 29.0. The molecule has 0 saturated heterocycles. The van der Waals surface area contributed by atoms with Crippen LogP contribution in [0.4, 0.5) is 9.59 Å². The van der Waals surface area contributed by atoms with Crippen molar-refractivity contribution in [2.45, 2.75) is 77.0 Å². The number of carbonyl (C=O) groups is 4.